The largest absolute Gasteiger partial charge is 0.491 e. The third-order valence-corrected chi connectivity index (χ3v) is 6.97. The van der Waals surface area contributed by atoms with Crippen LogP contribution in [0.3, 0.4) is 0 Å². The van der Waals surface area contributed by atoms with Crippen LogP contribution < -0.4 is 15.4 Å². The number of piperidine rings is 2. The molecule has 1 aromatic heterocycles. The summed E-state index contributed by atoms with van der Waals surface area (Å²) in [5, 5.41) is 12.1. The normalized spacial score (nSPS) is 21.9. The minimum atomic E-state index is -0.458. The Kier molecular flexibility index (Phi) is 6.59. The Labute approximate surface area is 186 Å². The summed E-state index contributed by atoms with van der Waals surface area (Å²) in [7, 11) is 1.73. The first-order valence-electron chi connectivity index (χ1n) is 10.5. The van der Waals surface area contributed by atoms with E-state index in [-0.39, 0.29) is 6.04 Å². The van der Waals surface area contributed by atoms with Gasteiger partial charge >= 0.3 is 6.03 Å². The van der Waals surface area contributed by atoms with E-state index in [0.29, 0.717) is 29.8 Å². The van der Waals surface area contributed by atoms with Gasteiger partial charge in [0.1, 0.15) is 12.4 Å². The second kappa shape index (κ2) is 9.54. The number of primary amides is 1. The Morgan fingerprint density at radius 2 is 2.03 bits per heavy atom. The molecule has 2 bridgehead atoms. The predicted octanol–water partition coefficient (Wildman–Crippen LogP) is 2.23. The smallest absolute Gasteiger partial charge is 0.314 e. The molecule has 0 radical (unpaired) electrons. The number of benzene rings is 1. The fourth-order valence-electron chi connectivity index (χ4n) is 4.65. The van der Waals surface area contributed by atoms with Gasteiger partial charge in [-0.3, -0.25) is 0 Å². The van der Waals surface area contributed by atoms with Crippen LogP contribution in [-0.2, 0) is 0 Å². The molecule has 9 heteroatoms. The van der Waals surface area contributed by atoms with Crippen molar-refractivity contribution < 1.29 is 9.53 Å². The molecule has 2 aromatic rings. The molecule has 2 N–H and O–H groups in total. The molecule has 3 heterocycles. The number of nitriles is 1. The molecule has 3 atom stereocenters. The number of nitrogens with zero attached hydrogens (tertiary/aromatic N) is 5. The van der Waals surface area contributed by atoms with E-state index in [4.69, 9.17) is 15.7 Å². The molecule has 2 saturated heterocycles. The molecule has 0 saturated carbocycles. The monoisotopic (exact) mass is 440 g/mol. The first kappa shape index (κ1) is 21.4. The van der Waals surface area contributed by atoms with Gasteiger partial charge in [0.25, 0.3) is 0 Å². The number of urea groups is 1. The van der Waals surface area contributed by atoms with Crippen molar-refractivity contribution >= 4 is 22.5 Å². The van der Waals surface area contributed by atoms with Crippen molar-refractivity contribution in [3.63, 3.8) is 0 Å². The molecule has 4 rings (SSSR count). The van der Waals surface area contributed by atoms with Crippen molar-refractivity contribution in [2.45, 2.75) is 12.5 Å². The highest BCUT2D eigenvalue weighted by Crippen LogP contribution is 2.32. The fraction of sp³-hybridized carbons (Fsp3) is 0.500. The number of amides is 2. The van der Waals surface area contributed by atoms with Gasteiger partial charge in [0.05, 0.1) is 17.7 Å². The van der Waals surface area contributed by atoms with Crippen LogP contribution in [0.15, 0.2) is 35.8 Å². The molecule has 8 nitrogen and oxygen atoms in total. The summed E-state index contributed by atoms with van der Waals surface area (Å²) in [6.07, 6.45) is 3.12. The molecular weight excluding hydrogens is 412 g/mol. The molecule has 31 heavy (non-hydrogen) atoms. The molecule has 0 aliphatic carbocycles. The molecule has 164 valence electrons. The summed E-state index contributed by atoms with van der Waals surface area (Å²) in [5.41, 5.74) is 6.17. The van der Waals surface area contributed by atoms with Gasteiger partial charge in [-0.1, -0.05) is 0 Å². The summed E-state index contributed by atoms with van der Waals surface area (Å²) in [4.78, 5) is 22.8. The third-order valence-electron chi connectivity index (χ3n) is 6.14. The summed E-state index contributed by atoms with van der Waals surface area (Å²) < 4.78 is 5.94. The van der Waals surface area contributed by atoms with E-state index in [2.05, 4.69) is 20.9 Å². The maximum atomic E-state index is 11.9. The molecule has 2 aliphatic rings. The van der Waals surface area contributed by atoms with Crippen LogP contribution in [0.1, 0.15) is 12.0 Å². The Bertz CT molecular complexity index is 899. The number of carbonyl (C=O) groups excluding carboxylic acids is 1. The van der Waals surface area contributed by atoms with Crippen molar-refractivity contribution in [3.05, 3.63) is 41.4 Å². The lowest BCUT2D eigenvalue weighted by Gasteiger charge is -2.47. The maximum absolute atomic E-state index is 11.9. The van der Waals surface area contributed by atoms with E-state index in [1.807, 2.05) is 11.6 Å². The number of fused-ring (bicyclic) bond motifs is 2. The van der Waals surface area contributed by atoms with Crippen LogP contribution in [0, 0.1) is 23.2 Å². The minimum absolute atomic E-state index is 0.151. The van der Waals surface area contributed by atoms with E-state index in [0.717, 1.165) is 37.9 Å². The van der Waals surface area contributed by atoms with Crippen LogP contribution in [0.5, 0.6) is 5.75 Å². The number of thiazole rings is 1. The lowest BCUT2D eigenvalue weighted by Crippen LogP contribution is -2.57. The van der Waals surface area contributed by atoms with Crippen molar-refractivity contribution in [1.82, 2.24) is 14.8 Å². The number of rotatable bonds is 7. The molecule has 3 unspecified atom stereocenters. The maximum Gasteiger partial charge on any atom is 0.314 e. The molecule has 0 spiro atoms. The van der Waals surface area contributed by atoms with Crippen molar-refractivity contribution in [2.24, 2.45) is 17.6 Å². The van der Waals surface area contributed by atoms with Gasteiger partial charge in [-0.05, 0) is 42.5 Å². The van der Waals surface area contributed by atoms with E-state index >= 15 is 0 Å². The highest BCUT2D eigenvalue weighted by molar-refractivity contribution is 7.13. The Balaban J connectivity index is 1.37. The highest BCUT2D eigenvalue weighted by atomic mass is 32.1. The van der Waals surface area contributed by atoms with Crippen molar-refractivity contribution in [3.8, 4) is 11.8 Å². The number of aromatic nitrogens is 1. The van der Waals surface area contributed by atoms with Gasteiger partial charge in [-0.25, -0.2) is 9.78 Å². The van der Waals surface area contributed by atoms with Gasteiger partial charge in [0.15, 0.2) is 5.13 Å². The first-order valence-corrected chi connectivity index (χ1v) is 11.4. The van der Waals surface area contributed by atoms with E-state index in [1.54, 1.807) is 47.5 Å². The lowest BCUT2D eigenvalue weighted by atomic mass is 9.84. The average Bonchev–Trinajstić information content (AvgIpc) is 3.31. The molecule has 1 aromatic carbocycles. The van der Waals surface area contributed by atoms with Crippen LogP contribution in [0.2, 0.25) is 0 Å². The summed E-state index contributed by atoms with van der Waals surface area (Å²) >= 11 is 1.70. The zero-order valence-electron chi connectivity index (χ0n) is 17.7. The topological polar surface area (TPSA) is 98.7 Å². The standard InChI is InChI=1S/C22H28N6O2S/c1-26(21(24)29)19(15-30-20-4-2-16(9-23)3-5-20)14-27-10-17-8-18(11-27)13-28(12-17)22-25-6-7-31-22/h2-7,17-19H,8,10-15H2,1H3,(H2,24,29). The molecule has 2 amide bonds. The Morgan fingerprint density at radius 1 is 1.32 bits per heavy atom. The van der Waals surface area contributed by atoms with Crippen molar-refractivity contribution in [1.29, 1.82) is 5.26 Å². The summed E-state index contributed by atoms with van der Waals surface area (Å²) in [6.45, 7) is 5.12. The third kappa shape index (κ3) is 5.27. The highest BCUT2D eigenvalue weighted by Gasteiger charge is 2.36. The van der Waals surface area contributed by atoms with Gasteiger partial charge in [-0.15, -0.1) is 11.3 Å². The zero-order chi connectivity index (χ0) is 21.8. The van der Waals surface area contributed by atoms with Gasteiger partial charge in [0, 0.05) is 51.3 Å². The quantitative estimate of drug-likeness (QED) is 0.709. The van der Waals surface area contributed by atoms with E-state index in [1.165, 1.54) is 6.42 Å². The predicted molar refractivity (Wildman–Crippen MR) is 120 cm³/mol. The van der Waals surface area contributed by atoms with Crippen LogP contribution in [0.25, 0.3) is 0 Å². The number of carbonyl (C=O) groups is 1. The minimum Gasteiger partial charge on any atom is -0.491 e. The summed E-state index contributed by atoms with van der Waals surface area (Å²) in [5.74, 6) is 1.86. The second-order valence-corrected chi connectivity index (χ2v) is 9.33. The molecule has 2 aliphatic heterocycles. The van der Waals surface area contributed by atoms with Gasteiger partial charge in [0.2, 0.25) is 0 Å². The fourth-order valence-corrected chi connectivity index (χ4v) is 5.31. The Morgan fingerprint density at radius 3 is 2.61 bits per heavy atom. The van der Waals surface area contributed by atoms with E-state index in [9.17, 15) is 4.79 Å². The van der Waals surface area contributed by atoms with Crippen LogP contribution >= 0.6 is 11.3 Å². The molecule has 2 fully saturated rings. The molecular formula is C22H28N6O2S. The van der Waals surface area contributed by atoms with Gasteiger partial charge < -0.3 is 25.2 Å². The average molecular weight is 441 g/mol. The van der Waals surface area contributed by atoms with Crippen LogP contribution in [-0.4, -0.2) is 73.2 Å². The number of ether oxygens (including phenoxy) is 1. The SMILES string of the molecule is CN(C(N)=O)C(COc1ccc(C#N)cc1)CN1CC2CC(C1)CN(c1nccs1)C2. The second-order valence-electron chi connectivity index (χ2n) is 8.46. The first-order chi connectivity index (χ1) is 15.0. The number of anilines is 1. The number of hydrogen-bond donors (Lipinski definition) is 1. The van der Waals surface area contributed by atoms with Gasteiger partial charge in [-0.2, -0.15) is 5.26 Å². The lowest BCUT2D eigenvalue weighted by molar-refractivity contribution is 0.0711. The van der Waals surface area contributed by atoms with Crippen LogP contribution in [0.4, 0.5) is 9.93 Å². The number of nitrogens with two attached hydrogens (primary N) is 1. The Hall–Kier alpha value is -2.83. The number of likely N-dealkylation sites (N-methyl/N-ethyl adjacent to an activating group) is 1. The number of likely N-dealkylation sites (tertiary alicyclic amines) is 1. The van der Waals surface area contributed by atoms with E-state index < -0.39 is 6.03 Å². The summed E-state index contributed by atoms with van der Waals surface area (Å²) in [6, 6.07) is 8.49. The zero-order valence-corrected chi connectivity index (χ0v) is 18.5. The number of hydrogen-bond acceptors (Lipinski definition) is 7. The van der Waals surface area contributed by atoms with Crippen molar-refractivity contribution in [2.75, 3.05) is 51.3 Å².